The van der Waals surface area contributed by atoms with E-state index in [1.807, 2.05) is 13.8 Å². The van der Waals surface area contributed by atoms with Gasteiger partial charge in [0.1, 0.15) is 6.04 Å². The first-order valence-corrected chi connectivity index (χ1v) is 8.39. The number of nitrogens with two attached hydrogens (primary N) is 1. The van der Waals surface area contributed by atoms with E-state index in [1.165, 1.54) is 7.05 Å². The minimum atomic E-state index is -0.912. The largest absolute Gasteiger partial charge is 0.357 e. The highest BCUT2D eigenvalue weighted by Gasteiger charge is 2.25. The second-order valence-corrected chi connectivity index (χ2v) is 6.31. The molecule has 2 unspecified atom stereocenters. The van der Waals surface area contributed by atoms with Crippen molar-refractivity contribution in [3.63, 3.8) is 0 Å². The van der Waals surface area contributed by atoms with E-state index in [0.29, 0.717) is 12.0 Å². The van der Waals surface area contributed by atoms with Gasteiger partial charge in [0.05, 0.1) is 12.6 Å². The Hall–Kier alpha value is -2.74. The van der Waals surface area contributed by atoms with Gasteiger partial charge in [-0.15, -0.1) is 0 Å². The number of carbonyl (C=O) groups excluding carboxylic acids is 4. The Bertz CT molecular complexity index is 646. The van der Waals surface area contributed by atoms with Crippen molar-refractivity contribution in [3.05, 3.63) is 35.9 Å². The molecule has 0 heterocycles. The summed E-state index contributed by atoms with van der Waals surface area (Å²) in [6.07, 6.45) is 0.380. The number of carbonyl (C=O) groups is 4. The van der Waals surface area contributed by atoms with Gasteiger partial charge in [0.15, 0.2) is 0 Å². The fraction of sp³-hybridized carbons (Fsp3) is 0.444. The monoisotopic (exact) mass is 362 g/mol. The highest BCUT2D eigenvalue weighted by molar-refractivity contribution is 6.38. The SMILES string of the molecule is CNC(=O)C(NC(=O)CNC(=O)C(=O)C(N)CC(C)C)c1ccccc1. The van der Waals surface area contributed by atoms with Crippen LogP contribution in [0.1, 0.15) is 31.9 Å². The first-order valence-electron chi connectivity index (χ1n) is 8.39. The number of hydrogen-bond acceptors (Lipinski definition) is 5. The van der Waals surface area contributed by atoms with Gasteiger partial charge in [-0.05, 0) is 17.9 Å². The topological polar surface area (TPSA) is 130 Å². The van der Waals surface area contributed by atoms with Crippen LogP contribution in [0, 0.1) is 5.92 Å². The molecule has 0 aliphatic rings. The van der Waals surface area contributed by atoms with Crippen molar-refractivity contribution >= 4 is 23.5 Å². The van der Waals surface area contributed by atoms with Crippen LogP contribution in [-0.2, 0) is 19.2 Å². The molecule has 26 heavy (non-hydrogen) atoms. The Labute approximate surface area is 152 Å². The van der Waals surface area contributed by atoms with Gasteiger partial charge in [-0.25, -0.2) is 0 Å². The van der Waals surface area contributed by atoms with Gasteiger partial charge in [0.2, 0.25) is 17.6 Å². The van der Waals surface area contributed by atoms with Crippen LogP contribution in [0.4, 0.5) is 0 Å². The second-order valence-electron chi connectivity index (χ2n) is 6.31. The van der Waals surface area contributed by atoms with Crippen molar-refractivity contribution in [3.8, 4) is 0 Å². The lowest BCUT2D eigenvalue weighted by molar-refractivity contribution is -0.139. The quantitative estimate of drug-likeness (QED) is 0.446. The molecule has 3 amide bonds. The summed E-state index contributed by atoms with van der Waals surface area (Å²) in [7, 11) is 1.46. The number of likely N-dealkylation sites (N-methyl/N-ethyl adjacent to an activating group) is 1. The smallest absolute Gasteiger partial charge is 0.289 e. The van der Waals surface area contributed by atoms with E-state index in [-0.39, 0.29) is 5.92 Å². The van der Waals surface area contributed by atoms with Crippen LogP contribution in [0.5, 0.6) is 0 Å². The maximum Gasteiger partial charge on any atom is 0.289 e. The normalized spacial score (nSPS) is 12.8. The third-order valence-corrected chi connectivity index (χ3v) is 3.64. The van der Waals surface area contributed by atoms with Crippen LogP contribution in [0.2, 0.25) is 0 Å². The average molecular weight is 362 g/mol. The zero-order valence-corrected chi connectivity index (χ0v) is 15.2. The molecule has 8 nitrogen and oxygen atoms in total. The number of nitrogens with one attached hydrogen (secondary N) is 3. The van der Waals surface area contributed by atoms with Gasteiger partial charge in [-0.3, -0.25) is 19.2 Å². The van der Waals surface area contributed by atoms with Gasteiger partial charge in [0.25, 0.3) is 5.91 Å². The van der Waals surface area contributed by atoms with Crippen LogP contribution >= 0.6 is 0 Å². The Morgan fingerprint density at radius 2 is 1.69 bits per heavy atom. The molecule has 0 spiro atoms. The van der Waals surface area contributed by atoms with E-state index >= 15 is 0 Å². The maximum absolute atomic E-state index is 12.1. The fourth-order valence-corrected chi connectivity index (χ4v) is 2.33. The summed E-state index contributed by atoms with van der Waals surface area (Å²) in [5.41, 5.74) is 6.27. The highest BCUT2D eigenvalue weighted by Crippen LogP contribution is 2.12. The molecular weight excluding hydrogens is 336 g/mol. The van der Waals surface area contributed by atoms with E-state index < -0.39 is 42.1 Å². The Morgan fingerprint density at radius 1 is 1.08 bits per heavy atom. The number of Topliss-reactive ketones (excluding diaryl/α,β-unsaturated/α-hetero) is 1. The molecule has 0 aromatic heterocycles. The minimum Gasteiger partial charge on any atom is -0.357 e. The van der Waals surface area contributed by atoms with Crippen molar-refractivity contribution in [2.75, 3.05) is 13.6 Å². The number of ketones is 1. The molecule has 1 aromatic carbocycles. The molecule has 0 aliphatic carbocycles. The standard InChI is InChI=1S/C18H26N4O4/c1-11(2)9-13(19)16(24)18(26)21-10-14(23)22-15(17(25)20-3)12-7-5-4-6-8-12/h4-8,11,13,15H,9-10,19H2,1-3H3,(H,20,25)(H,21,26)(H,22,23). The predicted molar refractivity (Wildman–Crippen MR) is 96.8 cm³/mol. The van der Waals surface area contributed by atoms with E-state index in [4.69, 9.17) is 5.73 Å². The third-order valence-electron chi connectivity index (χ3n) is 3.64. The zero-order chi connectivity index (χ0) is 19.7. The fourth-order valence-electron chi connectivity index (χ4n) is 2.33. The zero-order valence-electron chi connectivity index (χ0n) is 15.2. The molecular formula is C18H26N4O4. The number of benzene rings is 1. The van der Waals surface area contributed by atoms with Crippen LogP contribution in [0.25, 0.3) is 0 Å². The van der Waals surface area contributed by atoms with Crippen LogP contribution < -0.4 is 21.7 Å². The number of amides is 3. The van der Waals surface area contributed by atoms with Crippen molar-refractivity contribution < 1.29 is 19.2 Å². The Balaban J connectivity index is 2.62. The van der Waals surface area contributed by atoms with Crippen LogP contribution in [0.3, 0.4) is 0 Å². The van der Waals surface area contributed by atoms with Gasteiger partial charge in [0, 0.05) is 7.05 Å². The molecule has 142 valence electrons. The molecule has 1 aromatic rings. The third kappa shape index (κ3) is 6.64. The molecule has 0 aliphatic heterocycles. The van der Waals surface area contributed by atoms with Crippen molar-refractivity contribution in [1.29, 1.82) is 0 Å². The van der Waals surface area contributed by atoms with Crippen LogP contribution in [0.15, 0.2) is 30.3 Å². The van der Waals surface area contributed by atoms with Gasteiger partial charge >= 0.3 is 0 Å². The van der Waals surface area contributed by atoms with E-state index in [2.05, 4.69) is 16.0 Å². The molecule has 0 saturated heterocycles. The molecule has 2 atom stereocenters. The summed E-state index contributed by atoms with van der Waals surface area (Å²) in [6, 6.07) is 6.88. The molecule has 1 rings (SSSR count). The maximum atomic E-state index is 12.1. The van der Waals surface area contributed by atoms with Gasteiger partial charge < -0.3 is 21.7 Å². The van der Waals surface area contributed by atoms with Gasteiger partial charge in [-0.1, -0.05) is 44.2 Å². The van der Waals surface area contributed by atoms with E-state index in [0.717, 1.165) is 0 Å². The Morgan fingerprint density at radius 3 is 2.23 bits per heavy atom. The summed E-state index contributed by atoms with van der Waals surface area (Å²) >= 11 is 0. The molecule has 0 saturated carbocycles. The second kappa shape index (κ2) is 10.3. The number of rotatable bonds is 9. The van der Waals surface area contributed by atoms with Crippen molar-refractivity contribution in [1.82, 2.24) is 16.0 Å². The summed E-state index contributed by atoms with van der Waals surface area (Å²) in [6.45, 7) is 3.35. The van der Waals surface area contributed by atoms with E-state index in [1.54, 1.807) is 30.3 Å². The highest BCUT2D eigenvalue weighted by atomic mass is 16.2. The lowest BCUT2D eigenvalue weighted by Gasteiger charge is -2.18. The summed E-state index contributed by atoms with van der Waals surface area (Å²) in [5.74, 6) is -2.50. The first kappa shape index (κ1) is 21.3. The van der Waals surface area contributed by atoms with Crippen molar-refractivity contribution in [2.45, 2.75) is 32.4 Å². The van der Waals surface area contributed by atoms with Crippen LogP contribution in [-0.4, -0.2) is 43.1 Å². The molecule has 0 radical (unpaired) electrons. The first-order chi connectivity index (χ1) is 12.3. The van der Waals surface area contributed by atoms with E-state index in [9.17, 15) is 19.2 Å². The lowest BCUT2D eigenvalue weighted by atomic mass is 10.0. The lowest BCUT2D eigenvalue weighted by Crippen LogP contribution is -2.47. The average Bonchev–Trinajstić information content (AvgIpc) is 2.62. The minimum absolute atomic E-state index is 0.171. The number of hydrogen-bond donors (Lipinski definition) is 4. The summed E-state index contributed by atoms with van der Waals surface area (Å²) in [4.78, 5) is 47.7. The van der Waals surface area contributed by atoms with Gasteiger partial charge in [-0.2, -0.15) is 0 Å². The predicted octanol–water partition coefficient (Wildman–Crippen LogP) is -0.351. The molecule has 0 fully saturated rings. The summed E-state index contributed by atoms with van der Waals surface area (Å²) in [5, 5.41) is 7.24. The molecule has 0 bridgehead atoms. The molecule has 8 heteroatoms. The van der Waals surface area contributed by atoms with Crippen molar-refractivity contribution in [2.24, 2.45) is 11.7 Å². The Kier molecular flexibility index (Phi) is 8.44. The summed E-state index contributed by atoms with van der Waals surface area (Å²) < 4.78 is 0. The molecule has 5 N–H and O–H groups in total.